The molecule has 1 heterocycles. The van der Waals surface area contributed by atoms with Crippen LogP contribution < -0.4 is 5.32 Å². The highest BCUT2D eigenvalue weighted by Crippen LogP contribution is 2.27. The lowest BCUT2D eigenvalue weighted by atomic mass is 9.87. The fourth-order valence-electron chi connectivity index (χ4n) is 2.02. The first kappa shape index (κ1) is 16.1. The zero-order chi connectivity index (χ0) is 15.5. The number of aromatic nitrogens is 2. The maximum Gasteiger partial charge on any atom is 0.147 e. The second kappa shape index (κ2) is 6.67. The number of rotatable bonds is 5. The highest BCUT2D eigenvalue weighted by molar-refractivity contribution is 7.14. The molecule has 1 N–H and O–H groups in total. The van der Waals surface area contributed by atoms with Gasteiger partial charge < -0.3 is 5.32 Å². The molecule has 0 spiro atoms. The maximum absolute atomic E-state index is 4.30. The molecule has 0 aliphatic carbocycles. The van der Waals surface area contributed by atoms with Gasteiger partial charge in [0.2, 0.25) is 0 Å². The van der Waals surface area contributed by atoms with Crippen molar-refractivity contribution in [1.82, 2.24) is 15.5 Å². The van der Waals surface area contributed by atoms with Crippen LogP contribution in [-0.2, 0) is 12.0 Å². The Bertz CT molecular complexity index is 564. The SMILES string of the molecule is CC(C)CNCc1nnc(-c2ccc(C(C)(C)C)cc2)s1. The summed E-state index contributed by atoms with van der Waals surface area (Å²) in [4.78, 5) is 0. The van der Waals surface area contributed by atoms with Crippen molar-refractivity contribution in [3.8, 4) is 10.6 Å². The van der Waals surface area contributed by atoms with Crippen LogP contribution in [0.4, 0.5) is 0 Å². The summed E-state index contributed by atoms with van der Waals surface area (Å²) in [5.74, 6) is 0.655. The summed E-state index contributed by atoms with van der Waals surface area (Å²) < 4.78 is 0. The Morgan fingerprint density at radius 1 is 1.10 bits per heavy atom. The third-order valence-electron chi connectivity index (χ3n) is 3.29. The molecule has 0 fully saturated rings. The van der Waals surface area contributed by atoms with E-state index in [9.17, 15) is 0 Å². The molecule has 1 aromatic heterocycles. The zero-order valence-electron chi connectivity index (χ0n) is 13.6. The van der Waals surface area contributed by atoms with Crippen LogP contribution in [0.3, 0.4) is 0 Å². The van der Waals surface area contributed by atoms with Gasteiger partial charge in [0.15, 0.2) is 0 Å². The van der Waals surface area contributed by atoms with Crippen molar-refractivity contribution >= 4 is 11.3 Å². The first-order chi connectivity index (χ1) is 9.86. The molecule has 0 radical (unpaired) electrons. The number of nitrogens with zero attached hydrogens (tertiary/aromatic N) is 2. The number of nitrogens with one attached hydrogen (secondary N) is 1. The molecule has 0 aliphatic rings. The fourth-order valence-corrected chi connectivity index (χ4v) is 2.84. The maximum atomic E-state index is 4.30. The Kier molecular flexibility index (Phi) is 5.12. The monoisotopic (exact) mass is 303 g/mol. The molecule has 0 saturated heterocycles. The Labute approximate surface area is 131 Å². The summed E-state index contributed by atoms with van der Waals surface area (Å²) in [5, 5.41) is 14.0. The van der Waals surface area contributed by atoms with Crippen LogP contribution in [0.1, 0.15) is 45.2 Å². The molecule has 0 atom stereocenters. The highest BCUT2D eigenvalue weighted by Gasteiger charge is 2.14. The van der Waals surface area contributed by atoms with Crippen molar-refractivity contribution in [2.75, 3.05) is 6.54 Å². The van der Waals surface area contributed by atoms with Crippen LogP contribution in [0.15, 0.2) is 24.3 Å². The van der Waals surface area contributed by atoms with Crippen molar-refractivity contribution in [2.24, 2.45) is 5.92 Å². The van der Waals surface area contributed by atoms with E-state index in [1.807, 2.05) is 0 Å². The molecule has 4 heteroatoms. The molecule has 2 aromatic rings. The van der Waals surface area contributed by atoms with Gasteiger partial charge in [-0.3, -0.25) is 0 Å². The molecular formula is C17H25N3S. The zero-order valence-corrected chi connectivity index (χ0v) is 14.4. The normalized spacial score (nSPS) is 12.1. The summed E-state index contributed by atoms with van der Waals surface area (Å²) in [6.07, 6.45) is 0. The van der Waals surface area contributed by atoms with E-state index in [1.54, 1.807) is 11.3 Å². The van der Waals surface area contributed by atoms with Crippen LogP contribution in [0.5, 0.6) is 0 Å². The predicted octanol–water partition coefficient (Wildman–Crippen LogP) is 4.25. The Morgan fingerprint density at radius 2 is 1.76 bits per heavy atom. The standard InChI is InChI=1S/C17H25N3S/c1-12(2)10-18-11-15-19-20-16(21-15)13-6-8-14(9-7-13)17(3,4)5/h6-9,12,18H,10-11H2,1-5H3. The molecule has 0 bridgehead atoms. The summed E-state index contributed by atoms with van der Waals surface area (Å²) >= 11 is 1.67. The average molecular weight is 303 g/mol. The van der Waals surface area contributed by atoms with E-state index in [0.717, 1.165) is 28.7 Å². The van der Waals surface area contributed by atoms with Crippen molar-refractivity contribution in [3.63, 3.8) is 0 Å². The minimum atomic E-state index is 0.186. The molecular weight excluding hydrogens is 278 g/mol. The largest absolute Gasteiger partial charge is 0.310 e. The average Bonchev–Trinajstić information content (AvgIpc) is 2.86. The van der Waals surface area contributed by atoms with Gasteiger partial charge >= 0.3 is 0 Å². The molecule has 0 saturated carbocycles. The second-order valence-electron chi connectivity index (χ2n) is 6.85. The lowest BCUT2D eigenvalue weighted by Gasteiger charge is -2.18. The Morgan fingerprint density at radius 3 is 2.33 bits per heavy atom. The molecule has 2 rings (SSSR count). The smallest absolute Gasteiger partial charge is 0.147 e. The van der Waals surface area contributed by atoms with E-state index >= 15 is 0 Å². The summed E-state index contributed by atoms with van der Waals surface area (Å²) in [6, 6.07) is 8.67. The van der Waals surface area contributed by atoms with Gasteiger partial charge in [-0.1, -0.05) is 70.2 Å². The number of hydrogen-bond donors (Lipinski definition) is 1. The fraction of sp³-hybridized carbons (Fsp3) is 0.529. The van der Waals surface area contributed by atoms with E-state index in [-0.39, 0.29) is 5.41 Å². The van der Waals surface area contributed by atoms with Crippen LogP contribution in [0.2, 0.25) is 0 Å². The Hall–Kier alpha value is -1.26. The van der Waals surface area contributed by atoms with Gasteiger partial charge in [-0.2, -0.15) is 0 Å². The van der Waals surface area contributed by atoms with Crippen LogP contribution in [0.25, 0.3) is 10.6 Å². The van der Waals surface area contributed by atoms with Crippen molar-refractivity contribution in [3.05, 3.63) is 34.8 Å². The molecule has 0 amide bonds. The highest BCUT2D eigenvalue weighted by atomic mass is 32.1. The predicted molar refractivity (Wildman–Crippen MR) is 90.6 cm³/mol. The molecule has 21 heavy (non-hydrogen) atoms. The van der Waals surface area contributed by atoms with Crippen LogP contribution in [-0.4, -0.2) is 16.7 Å². The second-order valence-corrected chi connectivity index (χ2v) is 7.92. The molecule has 0 unspecified atom stereocenters. The lowest BCUT2D eigenvalue weighted by Crippen LogP contribution is -2.18. The number of benzene rings is 1. The van der Waals surface area contributed by atoms with Crippen molar-refractivity contribution in [1.29, 1.82) is 0 Å². The number of hydrogen-bond acceptors (Lipinski definition) is 4. The van der Waals surface area contributed by atoms with Gasteiger partial charge in [0.1, 0.15) is 10.0 Å². The summed E-state index contributed by atoms with van der Waals surface area (Å²) in [6.45, 7) is 12.9. The van der Waals surface area contributed by atoms with Gasteiger partial charge in [0, 0.05) is 12.1 Å². The minimum Gasteiger partial charge on any atom is -0.310 e. The topological polar surface area (TPSA) is 37.8 Å². The van der Waals surface area contributed by atoms with Gasteiger partial charge in [0.05, 0.1) is 0 Å². The third-order valence-corrected chi connectivity index (χ3v) is 4.27. The quantitative estimate of drug-likeness (QED) is 0.897. The van der Waals surface area contributed by atoms with Gasteiger partial charge in [0.25, 0.3) is 0 Å². The van der Waals surface area contributed by atoms with E-state index in [1.165, 1.54) is 5.56 Å². The first-order valence-electron chi connectivity index (χ1n) is 7.50. The molecule has 114 valence electrons. The Balaban J connectivity index is 2.04. The summed E-state index contributed by atoms with van der Waals surface area (Å²) in [5.41, 5.74) is 2.68. The van der Waals surface area contributed by atoms with Gasteiger partial charge in [-0.05, 0) is 23.4 Å². The molecule has 0 aliphatic heterocycles. The minimum absolute atomic E-state index is 0.186. The van der Waals surface area contributed by atoms with Crippen LogP contribution in [0, 0.1) is 5.92 Å². The van der Waals surface area contributed by atoms with Crippen molar-refractivity contribution < 1.29 is 0 Å². The van der Waals surface area contributed by atoms with E-state index in [4.69, 9.17) is 0 Å². The van der Waals surface area contributed by atoms with E-state index in [2.05, 4.69) is 74.4 Å². The van der Waals surface area contributed by atoms with Gasteiger partial charge in [-0.15, -0.1) is 10.2 Å². The lowest BCUT2D eigenvalue weighted by molar-refractivity contribution is 0.550. The first-order valence-corrected chi connectivity index (χ1v) is 8.32. The van der Waals surface area contributed by atoms with Gasteiger partial charge in [-0.25, -0.2) is 0 Å². The molecule has 3 nitrogen and oxygen atoms in total. The van der Waals surface area contributed by atoms with E-state index in [0.29, 0.717) is 5.92 Å². The molecule has 1 aromatic carbocycles. The van der Waals surface area contributed by atoms with Crippen molar-refractivity contribution in [2.45, 2.75) is 46.6 Å². The van der Waals surface area contributed by atoms with Crippen LogP contribution >= 0.6 is 11.3 Å². The third kappa shape index (κ3) is 4.61. The van der Waals surface area contributed by atoms with E-state index < -0.39 is 0 Å². The summed E-state index contributed by atoms with van der Waals surface area (Å²) in [7, 11) is 0.